The Morgan fingerprint density at radius 1 is 1.25 bits per heavy atom. The van der Waals surface area contributed by atoms with Crippen LogP contribution < -0.4 is 10.1 Å². The normalized spacial score (nSPS) is 22.8. The molecule has 2 heterocycles. The molecule has 1 N–H and O–H groups in total. The molecule has 2 aliphatic carbocycles. The average molecular weight is 469 g/mol. The van der Waals surface area contributed by atoms with Crippen molar-refractivity contribution in [2.45, 2.75) is 43.8 Å². The van der Waals surface area contributed by atoms with Crippen LogP contribution in [0.4, 0.5) is 0 Å². The van der Waals surface area contributed by atoms with Crippen molar-refractivity contribution in [3.63, 3.8) is 0 Å². The number of amides is 1. The van der Waals surface area contributed by atoms with Gasteiger partial charge in [0.15, 0.2) is 11.0 Å². The third kappa shape index (κ3) is 4.18. The second-order valence-electron chi connectivity index (χ2n) is 8.77. The lowest BCUT2D eigenvalue weighted by molar-refractivity contribution is -0.119. The van der Waals surface area contributed by atoms with E-state index in [9.17, 15) is 4.79 Å². The van der Waals surface area contributed by atoms with Crippen LogP contribution in [0.25, 0.3) is 16.4 Å². The van der Waals surface area contributed by atoms with Crippen LogP contribution in [0.3, 0.4) is 0 Å². The Balaban J connectivity index is 1.33. The van der Waals surface area contributed by atoms with Gasteiger partial charge in [0.1, 0.15) is 5.75 Å². The lowest BCUT2D eigenvalue weighted by Crippen LogP contribution is -2.40. The van der Waals surface area contributed by atoms with E-state index in [0.717, 1.165) is 34.0 Å². The second kappa shape index (κ2) is 9.27. The first kappa shape index (κ1) is 21.5. The molecule has 2 fully saturated rings. The van der Waals surface area contributed by atoms with E-state index in [2.05, 4.69) is 22.4 Å². The van der Waals surface area contributed by atoms with Crippen LogP contribution in [0.5, 0.6) is 5.75 Å². The molecule has 0 spiro atoms. The van der Waals surface area contributed by atoms with E-state index in [1.807, 2.05) is 46.3 Å². The van der Waals surface area contributed by atoms with E-state index in [1.54, 1.807) is 18.4 Å². The van der Waals surface area contributed by atoms with Gasteiger partial charge in [-0.2, -0.15) is 0 Å². The number of thioether (sulfide) groups is 1. The zero-order valence-corrected chi connectivity index (χ0v) is 20.0. The highest BCUT2D eigenvalue weighted by Gasteiger charge is 2.42. The number of ether oxygens (including phenoxy) is 1. The summed E-state index contributed by atoms with van der Waals surface area (Å²) in [5.41, 5.74) is 0.863. The second-order valence-corrected chi connectivity index (χ2v) is 10.7. The Hall–Kier alpha value is -2.32. The Morgan fingerprint density at radius 2 is 2.12 bits per heavy atom. The lowest BCUT2D eigenvalue weighted by atomic mass is 9.84. The molecule has 2 bridgehead atoms. The van der Waals surface area contributed by atoms with Crippen LogP contribution in [0.15, 0.2) is 46.9 Å². The summed E-state index contributed by atoms with van der Waals surface area (Å²) in [6, 6.07) is 12.1. The van der Waals surface area contributed by atoms with Gasteiger partial charge in [0.25, 0.3) is 0 Å². The predicted octanol–water partition coefficient (Wildman–Crippen LogP) is 5.04. The van der Waals surface area contributed by atoms with Gasteiger partial charge in [0.2, 0.25) is 5.91 Å². The van der Waals surface area contributed by atoms with Crippen molar-refractivity contribution >= 4 is 29.0 Å². The molecule has 3 aromatic rings. The summed E-state index contributed by atoms with van der Waals surface area (Å²) >= 11 is 3.03. The summed E-state index contributed by atoms with van der Waals surface area (Å²) < 4.78 is 7.58. The first-order valence-corrected chi connectivity index (χ1v) is 13.1. The zero-order valence-electron chi connectivity index (χ0n) is 18.4. The summed E-state index contributed by atoms with van der Waals surface area (Å²) in [7, 11) is 1.66. The number of thiophene rings is 1. The van der Waals surface area contributed by atoms with E-state index < -0.39 is 0 Å². The van der Waals surface area contributed by atoms with Crippen LogP contribution in [-0.4, -0.2) is 39.6 Å². The fourth-order valence-electron chi connectivity index (χ4n) is 5.40. The zero-order chi connectivity index (χ0) is 22.1. The predicted molar refractivity (Wildman–Crippen MR) is 128 cm³/mol. The van der Waals surface area contributed by atoms with E-state index in [1.165, 1.54) is 37.4 Å². The Labute approximate surface area is 196 Å². The van der Waals surface area contributed by atoms with Gasteiger partial charge in [0, 0.05) is 6.04 Å². The minimum Gasteiger partial charge on any atom is -0.495 e. The first-order chi connectivity index (χ1) is 15.6. The van der Waals surface area contributed by atoms with Crippen LogP contribution in [0.1, 0.15) is 32.6 Å². The number of aromatic nitrogens is 3. The summed E-state index contributed by atoms with van der Waals surface area (Å²) in [4.78, 5) is 13.8. The molecule has 2 aromatic heterocycles. The van der Waals surface area contributed by atoms with Gasteiger partial charge in [-0.3, -0.25) is 9.36 Å². The van der Waals surface area contributed by atoms with Crippen molar-refractivity contribution in [1.29, 1.82) is 0 Å². The Kier molecular flexibility index (Phi) is 6.24. The van der Waals surface area contributed by atoms with Crippen LogP contribution >= 0.6 is 23.1 Å². The molecule has 5 rings (SSSR count). The van der Waals surface area contributed by atoms with E-state index in [-0.39, 0.29) is 11.9 Å². The summed E-state index contributed by atoms with van der Waals surface area (Å²) in [6.45, 7) is 2.17. The van der Waals surface area contributed by atoms with Gasteiger partial charge in [0.05, 0.1) is 23.4 Å². The molecule has 1 amide bonds. The molecule has 0 radical (unpaired) electrons. The van der Waals surface area contributed by atoms with Crippen molar-refractivity contribution < 1.29 is 9.53 Å². The SMILES string of the molecule is COc1ccccc1-n1c(SCC(=O)N[C@@H](C)[C@@H]2C[C@@H]3CC[C@@H]2C3)nnc1-c1cccs1. The first-order valence-electron chi connectivity index (χ1n) is 11.2. The molecule has 1 aromatic carbocycles. The summed E-state index contributed by atoms with van der Waals surface area (Å²) in [6.07, 6.45) is 5.33. The highest BCUT2D eigenvalue weighted by Crippen LogP contribution is 2.49. The largest absolute Gasteiger partial charge is 0.495 e. The number of benzene rings is 1. The van der Waals surface area contributed by atoms with Crippen LogP contribution in [0.2, 0.25) is 0 Å². The minimum atomic E-state index is 0.0533. The number of carbonyl (C=O) groups is 1. The number of nitrogens with one attached hydrogen (secondary N) is 1. The van der Waals surface area contributed by atoms with E-state index >= 15 is 0 Å². The van der Waals surface area contributed by atoms with Gasteiger partial charge in [-0.25, -0.2) is 0 Å². The van der Waals surface area contributed by atoms with Crippen molar-refractivity contribution in [3.8, 4) is 22.1 Å². The van der Waals surface area contributed by atoms with Crippen molar-refractivity contribution in [3.05, 3.63) is 41.8 Å². The van der Waals surface area contributed by atoms with E-state index in [0.29, 0.717) is 16.8 Å². The van der Waals surface area contributed by atoms with E-state index in [4.69, 9.17) is 4.74 Å². The van der Waals surface area contributed by atoms with Crippen LogP contribution in [0, 0.1) is 17.8 Å². The number of hydrogen-bond acceptors (Lipinski definition) is 6. The van der Waals surface area contributed by atoms with Crippen molar-refractivity contribution in [1.82, 2.24) is 20.1 Å². The highest BCUT2D eigenvalue weighted by molar-refractivity contribution is 7.99. The van der Waals surface area contributed by atoms with Crippen molar-refractivity contribution in [2.24, 2.45) is 17.8 Å². The summed E-state index contributed by atoms with van der Waals surface area (Å²) in [5.74, 6) is 4.16. The third-order valence-corrected chi connectivity index (χ3v) is 8.65. The number of rotatable bonds is 8. The topological polar surface area (TPSA) is 69.0 Å². The monoisotopic (exact) mass is 468 g/mol. The molecule has 4 atom stereocenters. The Morgan fingerprint density at radius 3 is 2.84 bits per heavy atom. The molecule has 2 saturated carbocycles. The van der Waals surface area contributed by atoms with Gasteiger partial charge < -0.3 is 10.1 Å². The smallest absolute Gasteiger partial charge is 0.230 e. The maximum atomic E-state index is 12.8. The molecule has 2 aliphatic rings. The molecular formula is C24H28N4O2S2. The molecule has 8 heteroatoms. The fraction of sp³-hybridized carbons (Fsp3) is 0.458. The molecule has 0 saturated heterocycles. The quantitative estimate of drug-likeness (QED) is 0.469. The third-order valence-electron chi connectivity index (χ3n) is 6.86. The fourth-order valence-corrected chi connectivity index (χ4v) is 6.85. The molecule has 168 valence electrons. The molecule has 0 aliphatic heterocycles. The summed E-state index contributed by atoms with van der Waals surface area (Å²) in [5, 5.41) is 14.8. The standard InChI is InChI=1S/C24H28N4O2S2/c1-15(18-13-16-9-10-17(18)12-16)25-22(29)14-32-24-27-26-23(21-8-5-11-31-21)28(24)19-6-3-4-7-20(19)30-2/h3-8,11,15-18H,9-10,12-14H2,1-2H3,(H,25,29)/t15-,16+,17+,18-/m0/s1. The van der Waals surface area contributed by atoms with Crippen LogP contribution in [-0.2, 0) is 4.79 Å². The minimum absolute atomic E-state index is 0.0533. The number of para-hydroxylation sites is 2. The lowest BCUT2D eigenvalue weighted by Gasteiger charge is -2.28. The number of carbonyl (C=O) groups excluding carboxylic acids is 1. The maximum absolute atomic E-state index is 12.8. The maximum Gasteiger partial charge on any atom is 0.230 e. The highest BCUT2D eigenvalue weighted by atomic mass is 32.2. The van der Waals surface area contributed by atoms with Gasteiger partial charge in [-0.05, 0) is 67.5 Å². The van der Waals surface area contributed by atoms with Gasteiger partial charge >= 0.3 is 0 Å². The number of nitrogens with zero attached hydrogens (tertiary/aromatic N) is 3. The Bertz CT molecular complexity index is 1080. The van der Waals surface area contributed by atoms with Gasteiger partial charge in [-0.15, -0.1) is 21.5 Å². The number of fused-ring (bicyclic) bond motifs is 2. The number of methoxy groups -OCH3 is 1. The molecular weight excluding hydrogens is 440 g/mol. The number of hydrogen-bond donors (Lipinski definition) is 1. The average Bonchev–Trinajstić information content (AvgIpc) is 3.61. The molecule has 0 unspecified atom stereocenters. The molecule has 6 nitrogen and oxygen atoms in total. The van der Waals surface area contributed by atoms with Gasteiger partial charge in [-0.1, -0.05) is 36.4 Å². The van der Waals surface area contributed by atoms with Crippen molar-refractivity contribution in [2.75, 3.05) is 12.9 Å². The molecule has 32 heavy (non-hydrogen) atoms.